The second-order valence-electron chi connectivity index (χ2n) is 20.4. The van der Waals surface area contributed by atoms with E-state index in [0.29, 0.717) is 37.1 Å². The van der Waals surface area contributed by atoms with Crippen LogP contribution >= 0.6 is 0 Å². The Labute approximate surface area is 393 Å². The van der Waals surface area contributed by atoms with E-state index in [2.05, 4.69) is 57.7 Å². The number of fused-ring (bicyclic) bond motifs is 3. The molecule has 5 fully saturated rings. The molecule has 2 heterocycles. The number of carbonyl (C=O) groups excluding carboxylic acids is 6. The fourth-order valence-corrected chi connectivity index (χ4v) is 11.9. The van der Waals surface area contributed by atoms with Crippen LogP contribution in [0.5, 0.6) is 0 Å². The number of amides is 6. The van der Waals surface area contributed by atoms with Gasteiger partial charge in [-0.25, -0.2) is 9.59 Å². The third-order valence-corrected chi connectivity index (χ3v) is 16.3. The fourth-order valence-electron chi connectivity index (χ4n) is 11.9. The van der Waals surface area contributed by atoms with Crippen LogP contribution < -0.4 is 21.3 Å². The molecule has 3 aromatic rings. The fraction of sp³-hybridized carbons (Fsp3) is 0.547. The van der Waals surface area contributed by atoms with Crippen LogP contribution in [-0.4, -0.2) is 96.1 Å². The summed E-state index contributed by atoms with van der Waals surface area (Å²) < 4.78 is 9.65. The minimum absolute atomic E-state index is 0.00772. The first-order chi connectivity index (χ1) is 32.3. The highest BCUT2D eigenvalue weighted by Gasteiger charge is 2.58. The van der Waals surface area contributed by atoms with E-state index in [0.717, 1.165) is 36.8 Å². The van der Waals surface area contributed by atoms with Gasteiger partial charge in [0.25, 0.3) is 0 Å². The van der Waals surface area contributed by atoms with Crippen LogP contribution in [0.4, 0.5) is 21.0 Å². The highest BCUT2D eigenvalue weighted by molar-refractivity contribution is 6.00. The van der Waals surface area contributed by atoms with Crippen molar-refractivity contribution < 1.29 is 38.2 Å². The number of benzene rings is 3. The molecule has 67 heavy (non-hydrogen) atoms. The molecule has 356 valence electrons. The summed E-state index contributed by atoms with van der Waals surface area (Å²) in [4.78, 5) is 83.5. The van der Waals surface area contributed by atoms with Gasteiger partial charge in [-0.15, -0.1) is 0 Å². The van der Waals surface area contributed by atoms with Gasteiger partial charge in [-0.3, -0.25) is 19.2 Å². The molecule has 2 saturated heterocycles. The van der Waals surface area contributed by atoms with Crippen molar-refractivity contribution in [2.75, 3.05) is 24.9 Å². The number of likely N-dealkylation sites (tertiary alicyclic amines) is 2. The normalized spacial score (nSPS) is 25.5. The predicted octanol–water partition coefficient (Wildman–Crippen LogP) is 8.08. The maximum Gasteiger partial charge on any atom is 0.407 e. The number of piperidine rings is 2. The van der Waals surface area contributed by atoms with Crippen LogP contribution in [0.3, 0.4) is 0 Å². The predicted molar refractivity (Wildman–Crippen MR) is 255 cm³/mol. The lowest BCUT2D eigenvalue weighted by Crippen LogP contribution is -2.56. The Morgan fingerprint density at radius 1 is 0.597 bits per heavy atom. The van der Waals surface area contributed by atoms with Gasteiger partial charge < -0.3 is 40.5 Å². The van der Waals surface area contributed by atoms with E-state index in [1.54, 1.807) is 9.80 Å². The SMILES string of the molecule is CCC(C)[C@@H](NC(=O)OC)C(=O)N1C(C(=O)Nc2ccc(-c3ccc(-c4ccc(NC(=O)C5CC6CC6N5C(=O)[C@H](NC(=O)OC)C(C)CC)cc4)c4c3CC3(CCCC3)C4)cc2)CC2CC21. The quantitative estimate of drug-likeness (QED) is 0.126. The second kappa shape index (κ2) is 18.6. The highest BCUT2D eigenvalue weighted by Crippen LogP contribution is 2.54. The van der Waals surface area contributed by atoms with Crippen molar-refractivity contribution in [3.8, 4) is 22.3 Å². The molecule has 9 rings (SSSR count). The van der Waals surface area contributed by atoms with Gasteiger partial charge in [-0.2, -0.15) is 0 Å². The maximum atomic E-state index is 13.9. The number of rotatable bonds is 14. The number of methoxy groups -OCH3 is 2. The summed E-state index contributed by atoms with van der Waals surface area (Å²) in [7, 11) is 2.56. The molecule has 4 aliphatic carbocycles. The topological polar surface area (TPSA) is 175 Å². The Hall–Kier alpha value is -5.92. The van der Waals surface area contributed by atoms with Gasteiger partial charge in [-0.1, -0.05) is 89.8 Å². The molecule has 6 aliphatic rings. The van der Waals surface area contributed by atoms with Crippen LogP contribution in [-0.2, 0) is 41.5 Å². The summed E-state index contributed by atoms with van der Waals surface area (Å²) in [5.41, 5.74) is 8.84. The molecule has 4 N–H and O–H groups in total. The summed E-state index contributed by atoms with van der Waals surface area (Å²) in [5, 5.41) is 11.7. The van der Waals surface area contributed by atoms with Gasteiger partial charge in [0.15, 0.2) is 0 Å². The molecule has 0 radical (unpaired) electrons. The second-order valence-corrected chi connectivity index (χ2v) is 20.4. The van der Waals surface area contributed by atoms with Crippen molar-refractivity contribution in [2.45, 2.75) is 141 Å². The summed E-state index contributed by atoms with van der Waals surface area (Å²) in [6.45, 7) is 7.79. The largest absolute Gasteiger partial charge is 0.453 e. The maximum absolute atomic E-state index is 13.9. The number of anilines is 2. The highest BCUT2D eigenvalue weighted by atomic mass is 16.5. The van der Waals surface area contributed by atoms with E-state index in [4.69, 9.17) is 9.47 Å². The number of ether oxygens (including phenoxy) is 2. The first-order valence-corrected chi connectivity index (χ1v) is 24.6. The molecular formula is C53H66N6O8. The van der Waals surface area contributed by atoms with Crippen LogP contribution in [0.1, 0.15) is 103 Å². The van der Waals surface area contributed by atoms with E-state index >= 15 is 0 Å². The molecule has 0 bridgehead atoms. The Kier molecular flexibility index (Phi) is 12.9. The number of nitrogens with zero attached hydrogens (tertiary/aromatic N) is 2. The number of hydrogen-bond donors (Lipinski definition) is 4. The van der Waals surface area contributed by atoms with E-state index < -0.39 is 36.4 Å². The monoisotopic (exact) mass is 914 g/mol. The summed E-state index contributed by atoms with van der Waals surface area (Å²) in [6.07, 6.45) is 9.88. The van der Waals surface area contributed by atoms with Crippen molar-refractivity contribution in [3.05, 3.63) is 71.8 Å². The smallest absolute Gasteiger partial charge is 0.407 e. The molecular weight excluding hydrogens is 849 g/mol. The molecule has 3 aromatic carbocycles. The van der Waals surface area contributed by atoms with Crippen molar-refractivity contribution in [1.82, 2.24) is 20.4 Å². The lowest BCUT2D eigenvalue weighted by Gasteiger charge is -2.32. The van der Waals surface area contributed by atoms with Crippen LogP contribution in [0.25, 0.3) is 22.3 Å². The first-order valence-electron chi connectivity index (χ1n) is 24.6. The van der Waals surface area contributed by atoms with E-state index in [1.807, 2.05) is 52.0 Å². The Morgan fingerprint density at radius 2 is 0.985 bits per heavy atom. The van der Waals surface area contributed by atoms with Crippen molar-refractivity contribution in [2.24, 2.45) is 29.1 Å². The van der Waals surface area contributed by atoms with Gasteiger partial charge in [0, 0.05) is 23.5 Å². The molecule has 3 saturated carbocycles. The van der Waals surface area contributed by atoms with Gasteiger partial charge in [0.2, 0.25) is 23.6 Å². The Bertz CT molecular complexity index is 2260. The third kappa shape index (κ3) is 9.00. The molecule has 6 amide bonds. The zero-order chi connectivity index (χ0) is 47.3. The zero-order valence-electron chi connectivity index (χ0n) is 39.7. The van der Waals surface area contributed by atoms with Crippen LogP contribution in [0.2, 0.25) is 0 Å². The Balaban J connectivity index is 0.897. The molecule has 14 nitrogen and oxygen atoms in total. The van der Waals surface area contributed by atoms with Crippen LogP contribution in [0, 0.1) is 29.1 Å². The van der Waals surface area contributed by atoms with Gasteiger partial charge >= 0.3 is 12.2 Å². The van der Waals surface area contributed by atoms with E-state index in [9.17, 15) is 28.8 Å². The zero-order valence-corrected chi connectivity index (χ0v) is 39.7. The molecule has 10 atom stereocenters. The summed E-state index contributed by atoms with van der Waals surface area (Å²) in [5.74, 6) is -0.604. The van der Waals surface area contributed by atoms with Crippen molar-refractivity contribution in [1.29, 1.82) is 0 Å². The van der Waals surface area contributed by atoms with E-state index in [1.165, 1.54) is 62.2 Å². The van der Waals surface area contributed by atoms with E-state index in [-0.39, 0.29) is 64.8 Å². The van der Waals surface area contributed by atoms with Crippen LogP contribution in [0.15, 0.2) is 60.7 Å². The number of carbonyl (C=O) groups is 6. The lowest BCUT2D eigenvalue weighted by atomic mass is 9.82. The molecule has 2 aliphatic heterocycles. The molecule has 14 heteroatoms. The summed E-state index contributed by atoms with van der Waals surface area (Å²) >= 11 is 0. The standard InChI is InChI=1S/C53H66N6O8/c1-7-29(3)45(56-51(64)66-5)49(62)58-41-23-33(41)25-43(58)47(60)54-35-15-11-31(12-16-35)37-19-20-38(40-28-53(27-39(37)40)21-9-10-22-53)32-13-17-36(18-14-32)55-48(61)44-26-34-24-42(34)59(44)50(63)46(30(4)8-2)57-52(65)67-6/h11-20,29-30,33-34,41-46H,7-10,21-28H2,1-6H3,(H,54,60)(H,55,61)(H,56,64)(H,57,65)/t29?,30?,33?,34?,41?,42?,43?,44?,45-,46-/m1/s1. The third-order valence-electron chi connectivity index (χ3n) is 16.3. The van der Waals surface area contributed by atoms with Gasteiger partial charge in [0.1, 0.15) is 24.2 Å². The minimum atomic E-state index is -0.776. The first kappa shape index (κ1) is 46.2. The Morgan fingerprint density at radius 3 is 1.34 bits per heavy atom. The average Bonchev–Trinajstić information content (AvgIpc) is 4.02. The molecule has 8 unspecified atom stereocenters. The summed E-state index contributed by atoms with van der Waals surface area (Å²) in [6, 6.07) is 17.7. The van der Waals surface area contributed by atoms with Gasteiger partial charge in [0.05, 0.1) is 14.2 Å². The number of alkyl carbamates (subject to hydrolysis) is 2. The minimum Gasteiger partial charge on any atom is -0.453 e. The number of nitrogens with one attached hydrogen (secondary N) is 4. The van der Waals surface area contributed by atoms with Crippen molar-refractivity contribution in [3.63, 3.8) is 0 Å². The molecule has 0 aromatic heterocycles. The average molecular weight is 915 g/mol. The van der Waals surface area contributed by atoms with Crippen molar-refractivity contribution >= 4 is 47.2 Å². The molecule has 1 spiro atoms. The number of hydrogen-bond acceptors (Lipinski definition) is 8. The lowest BCUT2D eigenvalue weighted by molar-refractivity contribution is -0.140. The van der Waals surface area contributed by atoms with Gasteiger partial charge in [-0.05, 0) is 138 Å².